The fraction of sp³-hybridized carbons (Fsp3) is 0.500. The monoisotopic (exact) mass is 358 g/mol. The van der Waals surface area contributed by atoms with Gasteiger partial charge in [0.05, 0.1) is 12.6 Å². The lowest BCUT2D eigenvalue weighted by atomic mass is 10.1. The van der Waals surface area contributed by atoms with E-state index in [4.69, 9.17) is 4.74 Å². The molecule has 3 rings (SSSR count). The van der Waals surface area contributed by atoms with E-state index in [-0.39, 0.29) is 11.7 Å². The molecule has 1 unspecified atom stereocenters. The number of aliphatic imine (C=N–C) groups is 1. The van der Waals surface area contributed by atoms with Gasteiger partial charge in [-0.2, -0.15) is 5.26 Å². The Balaban J connectivity index is 1.78. The third kappa shape index (κ3) is 4.14. The van der Waals surface area contributed by atoms with E-state index >= 15 is 0 Å². The van der Waals surface area contributed by atoms with Gasteiger partial charge in [-0.3, -0.25) is 9.79 Å². The van der Waals surface area contributed by atoms with Gasteiger partial charge in [-0.05, 0) is 44.4 Å². The number of nitriles is 1. The van der Waals surface area contributed by atoms with E-state index in [9.17, 15) is 10.1 Å². The number of aryl methyl sites for hydroxylation is 1. The zero-order valence-corrected chi connectivity index (χ0v) is 15.4. The van der Waals surface area contributed by atoms with Crippen molar-refractivity contribution in [3.05, 3.63) is 28.6 Å². The molecule has 3 heterocycles. The molecule has 1 atom stereocenters. The predicted molar refractivity (Wildman–Crippen MR) is 99.4 cm³/mol. The topological polar surface area (TPSA) is 79.4 Å². The second kappa shape index (κ2) is 7.89. The van der Waals surface area contributed by atoms with Crippen LogP contribution in [0.3, 0.4) is 0 Å². The molecule has 6 nitrogen and oxygen atoms in total. The van der Waals surface area contributed by atoms with Gasteiger partial charge in [0.25, 0.3) is 5.91 Å². The number of amidine groups is 1. The maximum atomic E-state index is 12.3. The first-order valence-corrected chi connectivity index (χ1v) is 9.45. The van der Waals surface area contributed by atoms with Crippen molar-refractivity contribution in [2.24, 2.45) is 4.99 Å². The van der Waals surface area contributed by atoms with Crippen molar-refractivity contribution in [2.45, 2.75) is 39.3 Å². The third-order valence-electron chi connectivity index (χ3n) is 4.49. The molecule has 25 heavy (non-hydrogen) atoms. The Kier molecular flexibility index (Phi) is 5.61. The zero-order valence-electron chi connectivity index (χ0n) is 14.5. The van der Waals surface area contributed by atoms with Gasteiger partial charge in [-0.25, -0.2) is 0 Å². The normalized spacial score (nSPS) is 20.4. The van der Waals surface area contributed by atoms with Crippen LogP contribution < -0.4 is 5.32 Å². The molecular formula is C18H22N4O2S. The largest absolute Gasteiger partial charge is 0.376 e. The summed E-state index contributed by atoms with van der Waals surface area (Å²) in [7, 11) is 0. The summed E-state index contributed by atoms with van der Waals surface area (Å²) in [6, 6.07) is 4.01. The lowest BCUT2D eigenvalue weighted by molar-refractivity contribution is -0.115. The minimum atomic E-state index is -0.403. The maximum Gasteiger partial charge on any atom is 0.267 e. The Morgan fingerprint density at radius 1 is 1.60 bits per heavy atom. The van der Waals surface area contributed by atoms with Crippen molar-refractivity contribution in [3.8, 4) is 6.07 Å². The Labute approximate surface area is 151 Å². The highest BCUT2D eigenvalue weighted by molar-refractivity contribution is 8.14. The number of hydrogen-bond donors (Lipinski definition) is 1. The minimum absolute atomic E-state index is 0.0903. The molecule has 2 aliphatic rings. The molecule has 1 aromatic rings. The van der Waals surface area contributed by atoms with Gasteiger partial charge in [0.15, 0.2) is 5.17 Å². The highest BCUT2D eigenvalue weighted by atomic mass is 32.2. The Morgan fingerprint density at radius 2 is 2.44 bits per heavy atom. The molecule has 0 radical (unpaired) electrons. The number of carbonyl (C=O) groups excluding carboxylic acids is 1. The van der Waals surface area contributed by atoms with Gasteiger partial charge < -0.3 is 14.6 Å². The molecule has 1 amide bonds. The SMILES string of the molecule is Cc1cc(/C=C(/C#N)C(=O)NC2=NCCS2)c(C)n1CC1CCCO1. The van der Waals surface area contributed by atoms with Crippen LogP contribution in [-0.2, 0) is 16.1 Å². The van der Waals surface area contributed by atoms with E-state index in [2.05, 4.69) is 14.9 Å². The van der Waals surface area contributed by atoms with Gasteiger partial charge in [0.2, 0.25) is 0 Å². The molecule has 1 saturated heterocycles. The molecule has 1 aromatic heterocycles. The Hall–Kier alpha value is -2.04. The van der Waals surface area contributed by atoms with Gasteiger partial charge >= 0.3 is 0 Å². The van der Waals surface area contributed by atoms with Crippen LogP contribution in [0.25, 0.3) is 6.08 Å². The number of amides is 1. The van der Waals surface area contributed by atoms with E-state index in [1.807, 2.05) is 26.0 Å². The summed E-state index contributed by atoms with van der Waals surface area (Å²) in [5.74, 6) is 0.464. The number of ether oxygens (including phenoxy) is 1. The highest BCUT2D eigenvalue weighted by Gasteiger charge is 2.20. The predicted octanol–water partition coefficient (Wildman–Crippen LogP) is 2.41. The van der Waals surface area contributed by atoms with Crippen LogP contribution in [0.2, 0.25) is 0 Å². The zero-order chi connectivity index (χ0) is 17.8. The quantitative estimate of drug-likeness (QED) is 0.662. The average Bonchev–Trinajstić information content (AvgIpc) is 3.32. The molecule has 0 saturated carbocycles. The van der Waals surface area contributed by atoms with Crippen LogP contribution in [0, 0.1) is 25.2 Å². The first-order valence-electron chi connectivity index (χ1n) is 8.47. The number of nitrogens with one attached hydrogen (secondary N) is 1. The molecule has 2 aliphatic heterocycles. The van der Waals surface area contributed by atoms with Crippen molar-refractivity contribution in [2.75, 3.05) is 18.9 Å². The van der Waals surface area contributed by atoms with Crippen LogP contribution in [0.1, 0.15) is 29.8 Å². The van der Waals surface area contributed by atoms with Gasteiger partial charge in [-0.15, -0.1) is 0 Å². The third-order valence-corrected chi connectivity index (χ3v) is 5.39. The van der Waals surface area contributed by atoms with Crippen molar-refractivity contribution in [1.29, 1.82) is 5.26 Å². The van der Waals surface area contributed by atoms with E-state index in [0.29, 0.717) is 11.7 Å². The second-order valence-corrected chi connectivity index (χ2v) is 7.32. The van der Waals surface area contributed by atoms with E-state index in [0.717, 1.165) is 48.7 Å². The molecule has 0 aromatic carbocycles. The number of rotatable bonds is 4. The smallest absolute Gasteiger partial charge is 0.267 e. The number of thioether (sulfide) groups is 1. The average molecular weight is 358 g/mol. The number of hydrogen-bond acceptors (Lipinski definition) is 5. The van der Waals surface area contributed by atoms with E-state index < -0.39 is 5.91 Å². The lowest BCUT2D eigenvalue weighted by Crippen LogP contribution is -2.28. The molecule has 7 heteroatoms. The van der Waals surface area contributed by atoms with Gasteiger partial charge in [0.1, 0.15) is 11.6 Å². The van der Waals surface area contributed by atoms with Crippen molar-refractivity contribution in [1.82, 2.24) is 9.88 Å². The molecular weight excluding hydrogens is 336 g/mol. The lowest BCUT2D eigenvalue weighted by Gasteiger charge is -2.14. The van der Waals surface area contributed by atoms with Crippen LogP contribution in [0.5, 0.6) is 0 Å². The molecule has 0 bridgehead atoms. The minimum Gasteiger partial charge on any atom is -0.376 e. The van der Waals surface area contributed by atoms with Gasteiger partial charge in [0, 0.05) is 30.3 Å². The van der Waals surface area contributed by atoms with Crippen molar-refractivity contribution < 1.29 is 9.53 Å². The first kappa shape index (κ1) is 17.8. The van der Waals surface area contributed by atoms with Crippen molar-refractivity contribution in [3.63, 3.8) is 0 Å². The summed E-state index contributed by atoms with van der Waals surface area (Å²) in [5.41, 5.74) is 3.13. The fourth-order valence-corrected chi connectivity index (χ4v) is 3.85. The van der Waals surface area contributed by atoms with Crippen LogP contribution >= 0.6 is 11.8 Å². The standard InChI is InChI=1S/C18H22N4O2S/c1-12-8-14(13(2)22(12)11-16-4-3-6-24-16)9-15(10-19)17(23)21-18-20-5-7-25-18/h8-9,16H,3-7,11H2,1-2H3,(H,20,21,23)/b15-9-. The van der Waals surface area contributed by atoms with Crippen LogP contribution in [0.4, 0.5) is 0 Å². The molecule has 0 spiro atoms. The van der Waals surface area contributed by atoms with Crippen LogP contribution in [0.15, 0.2) is 16.6 Å². The Bertz CT molecular complexity index is 767. The molecule has 132 valence electrons. The summed E-state index contributed by atoms with van der Waals surface area (Å²) < 4.78 is 7.92. The Morgan fingerprint density at radius 3 is 3.08 bits per heavy atom. The van der Waals surface area contributed by atoms with Crippen LogP contribution in [-0.4, -0.2) is 40.7 Å². The maximum absolute atomic E-state index is 12.3. The fourth-order valence-electron chi connectivity index (χ4n) is 3.13. The van der Waals surface area contributed by atoms with Crippen molar-refractivity contribution >= 4 is 28.9 Å². The first-order chi connectivity index (χ1) is 12.1. The molecule has 1 fully saturated rings. The number of aromatic nitrogens is 1. The summed E-state index contributed by atoms with van der Waals surface area (Å²) in [6.45, 7) is 6.40. The highest BCUT2D eigenvalue weighted by Crippen LogP contribution is 2.22. The number of nitrogens with zero attached hydrogens (tertiary/aromatic N) is 3. The second-order valence-electron chi connectivity index (χ2n) is 6.23. The summed E-state index contributed by atoms with van der Waals surface area (Å²) in [5, 5.41) is 12.7. The summed E-state index contributed by atoms with van der Waals surface area (Å²) >= 11 is 1.50. The van der Waals surface area contributed by atoms with E-state index in [1.54, 1.807) is 6.08 Å². The summed E-state index contributed by atoms with van der Waals surface area (Å²) in [4.78, 5) is 16.5. The number of carbonyl (C=O) groups is 1. The summed E-state index contributed by atoms with van der Waals surface area (Å²) in [6.07, 6.45) is 4.09. The molecule has 1 N–H and O–H groups in total. The molecule has 0 aliphatic carbocycles. The van der Waals surface area contributed by atoms with E-state index in [1.165, 1.54) is 11.8 Å². The van der Waals surface area contributed by atoms with Gasteiger partial charge in [-0.1, -0.05) is 11.8 Å².